The first kappa shape index (κ1) is 15.7. The molecule has 0 aliphatic carbocycles. The molecule has 1 atom stereocenters. The van der Waals surface area contributed by atoms with Crippen molar-refractivity contribution in [3.63, 3.8) is 0 Å². The predicted molar refractivity (Wildman–Crippen MR) is 85.0 cm³/mol. The molecule has 110 valence electrons. The van der Waals surface area contributed by atoms with Crippen LogP contribution in [0, 0.1) is 0 Å². The molecule has 0 spiro atoms. The summed E-state index contributed by atoms with van der Waals surface area (Å²) in [7, 11) is 0. The van der Waals surface area contributed by atoms with Crippen molar-refractivity contribution in [2.45, 2.75) is 19.5 Å². The third-order valence-electron chi connectivity index (χ3n) is 2.75. The molecule has 2 amide bonds. The summed E-state index contributed by atoms with van der Waals surface area (Å²) in [4.78, 5) is 28.4. The third-order valence-corrected chi connectivity index (χ3v) is 4.38. The van der Waals surface area contributed by atoms with Gasteiger partial charge >= 0.3 is 0 Å². The largest absolute Gasteiger partial charge is 0.350 e. The number of thiophene rings is 1. The molecule has 0 radical (unpaired) electrons. The maximum atomic E-state index is 11.9. The number of carbonyl (C=O) groups is 2. The first-order valence-corrected chi connectivity index (χ1v) is 7.90. The molecule has 5 nitrogen and oxygen atoms in total. The van der Waals surface area contributed by atoms with E-state index in [2.05, 4.69) is 31.5 Å². The van der Waals surface area contributed by atoms with Gasteiger partial charge in [-0.3, -0.25) is 14.6 Å². The summed E-state index contributed by atoms with van der Waals surface area (Å²) in [5, 5.41) is 5.45. The molecular weight excluding hydrogens is 354 g/mol. The van der Waals surface area contributed by atoms with Crippen molar-refractivity contribution in [3.8, 4) is 0 Å². The zero-order chi connectivity index (χ0) is 15.2. The van der Waals surface area contributed by atoms with E-state index in [1.54, 1.807) is 31.5 Å². The number of hydrogen-bond acceptors (Lipinski definition) is 4. The van der Waals surface area contributed by atoms with Crippen molar-refractivity contribution < 1.29 is 9.59 Å². The van der Waals surface area contributed by atoms with Gasteiger partial charge in [-0.05, 0) is 52.7 Å². The minimum Gasteiger partial charge on any atom is -0.350 e. The number of nitrogens with one attached hydrogen (secondary N) is 2. The Balaban J connectivity index is 1.83. The van der Waals surface area contributed by atoms with Gasteiger partial charge in [0.25, 0.3) is 5.91 Å². The highest BCUT2D eigenvalue weighted by atomic mass is 79.9. The molecule has 2 aromatic rings. The van der Waals surface area contributed by atoms with E-state index in [0.717, 1.165) is 9.35 Å². The molecule has 7 heteroatoms. The van der Waals surface area contributed by atoms with Gasteiger partial charge in [-0.2, -0.15) is 0 Å². The van der Waals surface area contributed by atoms with E-state index in [4.69, 9.17) is 0 Å². The van der Waals surface area contributed by atoms with Gasteiger partial charge in [0.2, 0.25) is 5.91 Å². The van der Waals surface area contributed by atoms with Crippen LogP contribution in [0.25, 0.3) is 0 Å². The zero-order valence-electron chi connectivity index (χ0n) is 11.3. The SMILES string of the molecule is C[C@@H](NC(=O)c1ccc(Br)s1)C(=O)NCc1ccncc1. The topological polar surface area (TPSA) is 71.1 Å². The van der Waals surface area contributed by atoms with Crippen LogP contribution in [-0.4, -0.2) is 22.8 Å². The quantitative estimate of drug-likeness (QED) is 0.851. The minimum atomic E-state index is -0.597. The van der Waals surface area contributed by atoms with E-state index in [0.29, 0.717) is 11.4 Å². The molecule has 0 aliphatic heterocycles. The molecule has 0 saturated heterocycles. The molecule has 0 saturated carbocycles. The lowest BCUT2D eigenvalue weighted by Gasteiger charge is -2.13. The lowest BCUT2D eigenvalue weighted by molar-refractivity contribution is -0.122. The van der Waals surface area contributed by atoms with Gasteiger partial charge in [0.1, 0.15) is 6.04 Å². The monoisotopic (exact) mass is 367 g/mol. The highest BCUT2D eigenvalue weighted by Gasteiger charge is 2.17. The average molecular weight is 368 g/mol. The first-order chi connectivity index (χ1) is 10.1. The molecule has 2 aromatic heterocycles. The summed E-state index contributed by atoms with van der Waals surface area (Å²) in [5.74, 6) is -0.479. The van der Waals surface area contributed by atoms with E-state index in [9.17, 15) is 9.59 Å². The standard InChI is InChI=1S/C14H14BrN3O2S/c1-9(18-14(20)11-2-3-12(15)21-11)13(19)17-8-10-4-6-16-7-5-10/h2-7,9H,8H2,1H3,(H,17,19)(H,18,20)/t9-/m1/s1. The number of halogens is 1. The Bertz CT molecular complexity index is 630. The van der Waals surface area contributed by atoms with Gasteiger partial charge in [-0.15, -0.1) is 11.3 Å². The van der Waals surface area contributed by atoms with Crippen LogP contribution in [0.1, 0.15) is 22.2 Å². The Kier molecular flexibility index (Phi) is 5.46. The van der Waals surface area contributed by atoms with Crippen LogP contribution in [0.2, 0.25) is 0 Å². The van der Waals surface area contributed by atoms with E-state index < -0.39 is 6.04 Å². The molecule has 0 unspecified atom stereocenters. The lowest BCUT2D eigenvalue weighted by Crippen LogP contribution is -2.44. The number of aromatic nitrogens is 1. The van der Waals surface area contributed by atoms with Gasteiger partial charge in [0.05, 0.1) is 8.66 Å². The Morgan fingerprint density at radius 1 is 1.29 bits per heavy atom. The van der Waals surface area contributed by atoms with Gasteiger partial charge < -0.3 is 10.6 Å². The molecular formula is C14H14BrN3O2S. The summed E-state index contributed by atoms with van der Waals surface area (Å²) in [6.07, 6.45) is 3.34. The maximum Gasteiger partial charge on any atom is 0.262 e. The molecule has 2 rings (SSSR count). The van der Waals surface area contributed by atoms with Crippen LogP contribution in [0.15, 0.2) is 40.4 Å². The van der Waals surface area contributed by atoms with Crippen LogP contribution >= 0.6 is 27.3 Å². The fraction of sp³-hybridized carbons (Fsp3) is 0.214. The summed E-state index contributed by atoms with van der Waals surface area (Å²) < 4.78 is 0.877. The predicted octanol–water partition coefficient (Wildman–Crippen LogP) is 2.34. The second-order valence-corrected chi connectivity index (χ2v) is 6.84. The Hall–Kier alpha value is -1.73. The number of rotatable bonds is 5. The van der Waals surface area contributed by atoms with Crippen LogP contribution in [0.5, 0.6) is 0 Å². The van der Waals surface area contributed by atoms with E-state index in [-0.39, 0.29) is 11.8 Å². The number of carbonyl (C=O) groups excluding carboxylic acids is 2. The van der Waals surface area contributed by atoms with Crippen molar-refractivity contribution >= 4 is 39.1 Å². The van der Waals surface area contributed by atoms with Crippen molar-refractivity contribution in [2.75, 3.05) is 0 Å². The van der Waals surface area contributed by atoms with Gasteiger partial charge in [-0.25, -0.2) is 0 Å². The highest BCUT2D eigenvalue weighted by molar-refractivity contribution is 9.11. The third kappa shape index (κ3) is 4.64. The Labute approximate surface area is 134 Å². The first-order valence-electron chi connectivity index (χ1n) is 6.29. The lowest BCUT2D eigenvalue weighted by atomic mass is 10.2. The van der Waals surface area contributed by atoms with Crippen molar-refractivity contribution in [3.05, 3.63) is 50.9 Å². The molecule has 0 aromatic carbocycles. The van der Waals surface area contributed by atoms with Crippen molar-refractivity contribution in [2.24, 2.45) is 0 Å². The maximum absolute atomic E-state index is 11.9. The van der Waals surface area contributed by atoms with Gasteiger partial charge in [0, 0.05) is 18.9 Å². The number of nitrogens with zero attached hydrogens (tertiary/aromatic N) is 1. The molecule has 0 fully saturated rings. The van der Waals surface area contributed by atoms with E-state index in [1.165, 1.54) is 11.3 Å². The van der Waals surface area contributed by atoms with Crippen molar-refractivity contribution in [1.82, 2.24) is 15.6 Å². The highest BCUT2D eigenvalue weighted by Crippen LogP contribution is 2.21. The average Bonchev–Trinajstić information content (AvgIpc) is 2.92. The number of hydrogen-bond donors (Lipinski definition) is 2. The minimum absolute atomic E-state index is 0.226. The van der Waals surface area contributed by atoms with Gasteiger partial charge in [-0.1, -0.05) is 0 Å². The molecule has 0 aliphatic rings. The smallest absolute Gasteiger partial charge is 0.262 e. The molecule has 2 N–H and O–H groups in total. The van der Waals surface area contributed by atoms with Crippen LogP contribution in [0.4, 0.5) is 0 Å². The van der Waals surface area contributed by atoms with Crippen molar-refractivity contribution in [1.29, 1.82) is 0 Å². The summed E-state index contributed by atoms with van der Waals surface area (Å²) in [5.41, 5.74) is 0.957. The van der Waals surface area contributed by atoms with Crippen LogP contribution in [0.3, 0.4) is 0 Å². The van der Waals surface area contributed by atoms with E-state index in [1.807, 2.05) is 12.1 Å². The fourth-order valence-corrected chi connectivity index (χ4v) is 2.90. The second kappa shape index (κ2) is 7.33. The summed E-state index contributed by atoms with van der Waals surface area (Å²) in [6.45, 7) is 2.06. The summed E-state index contributed by atoms with van der Waals surface area (Å²) >= 11 is 4.63. The Morgan fingerprint density at radius 3 is 2.62 bits per heavy atom. The zero-order valence-corrected chi connectivity index (χ0v) is 13.7. The summed E-state index contributed by atoms with van der Waals surface area (Å²) in [6, 6.07) is 6.57. The molecule has 21 heavy (non-hydrogen) atoms. The van der Waals surface area contributed by atoms with E-state index >= 15 is 0 Å². The number of pyridine rings is 1. The normalized spacial score (nSPS) is 11.7. The Morgan fingerprint density at radius 2 is 2.00 bits per heavy atom. The van der Waals surface area contributed by atoms with Gasteiger partial charge in [0.15, 0.2) is 0 Å². The molecule has 2 heterocycles. The van der Waals surface area contributed by atoms with Crippen LogP contribution < -0.4 is 10.6 Å². The fourth-order valence-electron chi connectivity index (χ4n) is 1.61. The van der Waals surface area contributed by atoms with Crippen LogP contribution in [-0.2, 0) is 11.3 Å². The second-order valence-electron chi connectivity index (χ2n) is 4.37. The molecule has 0 bridgehead atoms. The number of amides is 2.